The van der Waals surface area contributed by atoms with E-state index in [0.29, 0.717) is 11.8 Å². The summed E-state index contributed by atoms with van der Waals surface area (Å²) >= 11 is 0. The maximum Gasteiger partial charge on any atom is 0.304 e. The van der Waals surface area contributed by atoms with E-state index in [1.165, 1.54) is 44.8 Å². The van der Waals surface area contributed by atoms with Gasteiger partial charge in [-0.1, -0.05) is 6.42 Å². The van der Waals surface area contributed by atoms with E-state index < -0.39 is 16.0 Å². The molecule has 0 aliphatic heterocycles. The molecule has 25 heavy (non-hydrogen) atoms. The van der Waals surface area contributed by atoms with E-state index in [2.05, 4.69) is 5.32 Å². The van der Waals surface area contributed by atoms with Gasteiger partial charge in [0.25, 0.3) is 0 Å². The first-order chi connectivity index (χ1) is 11.8. The van der Waals surface area contributed by atoms with E-state index >= 15 is 0 Å². The molecule has 1 aromatic carbocycles. The minimum absolute atomic E-state index is 0.142. The number of fused-ring (bicyclic) bond motifs is 2. The van der Waals surface area contributed by atoms with Crippen LogP contribution in [0.5, 0.6) is 0 Å². The summed E-state index contributed by atoms with van der Waals surface area (Å²) in [6.07, 6.45) is 4.50. The lowest BCUT2D eigenvalue weighted by atomic mass is 9.95. The second-order valence-corrected chi connectivity index (χ2v) is 9.19. The van der Waals surface area contributed by atoms with Crippen molar-refractivity contribution in [1.82, 2.24) is 9.62 Å². The molecule has 6 nitrogen and oxygen atoms in total. The van der Waals surface area contributed by atoms with Gasteiger partial charge < -0.3 is 5.32 Å². The van der Waals surface area contributed by atoms with Gasteiger partial charge in [0.1, 0.15) is 12.4 Å². The van der Waals surface area contributed by atoms with Crippen molar-refractivity contribution in [2.75, 3.05) is 24.9 Å². The molecule has 3 rings (SSSR count). The number of rotatable bonds is 6. The van der Waals surface area contributed by atoms with Crippen molar-refractivity contribution >= 4 is 21.8 Å². The van der Waals surface area contributed by atoms with Crippen molar-refractivity contribution in [3.8, 4) is 0 Å². The zero-order chi connectivity index (χ0) is 18.2. The minimum atomic E-state index is -3.86. The highest BCUT2D eigenvalue weighted by molar-refractivity contribution is 7.90. The molecule has 2 saturated carbocycles. The van der Waals surface area contributed by atoms with Crippen molar-refractivity contribution in [2.45, 2.75) is 31.7 Å². The molecular formula is C17H24FN3O3S. The van der Waals surface area contributed by atoms with Gasteiger partial charge in [-0.2, -0.15) is 12.7 Å². The molecule has 0 saturated heterocycles. The summed E-state index contributed by atoms with van der Waals surface area (Å²) in [6, 6.07) is 5.23. The van der Waals surface area contributed by atoms with Gasteiger partial charge in [0.2, 0.25) is 5.91 Å². The second kappa shape index (κ2) is 6.92. The van der Waals surface area contributed by atoms with Gasteiger partial charge in [-0.25, -0.2) is 8.70 Å². The number of hydrogen-bond acceptors (Lipinski definition) is 3. The fourth-order valence-electron chi connectivity index (χ4n) is 3.91. The Hall–Kier alpha value is -1.67. The van der Waals surface area contributed by atoms with Crippen LogP contribution in [0, 0.1) is 17.7 Å². The Morgan fingerprint density at radius 2 is 1.88 bits per heavy atom. The van der Waals surface area contributed by atoms with Gasteiger partial charge in [-0.05, 0) is 55.4 Å². The Kier molecular flexibility index (Phi) is 5.02. The summed E-state index contributed by atoms with van der Waals surface area (Å²) in [5.74, 6) is 0.414. The Morgan fingerprint density at radius 1 is 1.20 bits per heavy atom. The molecule has 0 aromatic heterocycles. The lowest BCUT2D eigenvalue weighted by Gasteiger charge is -2.28. The number of amides is 1. The Bertz CT molecular complexity index is 736. The third-order valence-corrected chi connectivity index (χ3v) is 7.05. The van der Waals surface area contributed by atoms with Gasteiger partial charge >= 0.3 is 10.2 Å². The van der Waals surface area contributed by atoms with Crippen molar-refractivity contribution in [1.29, 1.82) is 0 Å². The van der Waals surface area contributed by atoms with Gasteiger partial charge in [0.05, 0.1) is 5.69 Å². The molecule has 2 aliphatic carbocycles. The molecule has 2 bridgehead atoms. The van der Waals surface area contributed by atoms with Gasteiger partial charge in [-0.15, -0.1) is 0 Å². The van der Waals surface area contributed by atoms with Crippen molar-refractivity contribution in [3.63, 3.8) is 0 Å². The predicted molar refractivity (Wildman–Crippen MR) is 93.7 cm³/mol. The van der Waals surface area contributed by atoms with Crippen molar-refractivity contribution in [3.05, 3.63) is 30.1 Å². The summed E-state index contributed by atoms with van der Waals surface area (Å²) in [5, 5.41) is 3.00. The summed E-state index contributed by atoms with van der Waals surface area (Å²) in [4.78, 5) is 12.5. The van der Waals surface area contributed by atoms with Crippen LogP contribution in [0.1, 0.15) is 25.7 Å². The second-order valence-electron chi connectivity index (χ2n) is 7.12. The standard InChI is InChI=1S/C17H24FN3O3S/c1-20(2)25(23,24)21(15-7-5-14(18)6-8-15)11-17(22)19-16-10-12-3-4-13(16)9-12/h5-8,12-13,16H,3-4,9-11H2,1-2H3,(H,19,22). The largest absolute Gasteiger partial charge is 0.352 e. The highest BCUT2D eigenvalue weighted by Gasteiger charge is 2.40. The van der Waals surface area contributed by atoms with Crippen LogP contribution in [-0.2, 0) is 15.0 Å². The maximum atomic E-state index is 13.2. The Morgan fingerprint density at radius 3 is 2.40 bits per heavy atom. The highest BCUT2D eigenvalue weighted by atomic mass is 32.2. The topological polar surface area (TPSA) is 69.7 Å². The molecule has 138 valence electrons. The van der Waals surface area contributed by atoms with Gasteiger partial charge in [0.15, 0.2) is 0 Å². The predicted octanol–water partition coefficient (Wildman–Crippen LogP) is 1.74. The summed E-state index contributed by atoms with van der Waals surface area (Å²) in [5.41, 5.74) is 0.262. The molecule has 1 N–H and O–H groups in total. The summed E-state index contributed by atoms with van der Waals surface area (Å²) < 4.78 is 40.4. The molecular weight excluding hydrogens is 345 g/mol. The third-order valence-electron chi connectivity index (χ3n) is 5.23. The molecule has 2 aliphatic rings. The van der Waals surface area contributed by atoms with Crippen LogP contribution in [0.2, 0.25) is 0 Å². The lowest BCUT2D eigenvalue weighted by Crippen LogP contribution is -2.48. The summed E-state index contributed by atoms with van der Waals surface area (Å²) in [7, 11) is -1.06. The van der Waals surface area contributed by atoms with Crippen LogP contribution in [0.25, 0.3) is 0 Å². The van der Waals surface area contributed by atoms with E-state index in [4.69, 9.17) is 0 Å². The molecule has 0 heterocycles. The average Bonchev–Trinajstić information content (AvgIpc) is 3.16. The minimum Gasteiger partial charge on any atom is -0.352 e. The van der Waals surface area contributed by atoms with Gasteiger partial charge in [0, 0.05) is 20.1 Å². The number of nitrogens with zero attached hydrogens (tertiary/aromatic N) is 2. The molecule has 0 spiro atoms. The number of carbonyl (C=O) groups excluding carboxylic acids is 1. The zero-order valence-electron chi connectivity index (χ0n) is 14.5. The number of carbonyl (C=O) groups is 1. The normalized spacial score (nSPS) is 25.4. The van der Waals surface area contributed by atoms with Crippen LogP contribution < -0.4 is 9.62 Å². The molecule has 3 unspecified atom stereocenters. The first kappa shape index (κ1) is 18.1. The highest BCUT2D eigenvalue weighted by Crippen LogP contribution is 2.44. The fourth-order valence-corrected chi connectivity index (χ4v) is 4.98. The van der Waals surface area contributed by atoms with E-state index in [9.17, 15) is 17.6 Å². The van der Waals surface area contributed by atoms with E-state index in [0.717, 1.165) is 27.9 Å². The van der Waals surface area contributed by atoms with E-state index in [1.54, 1.807) is 0 Å². The molecule has 3 atom stereocenters. The number of hydrogen-bond donors (Lipinski definition) is 1. The quantitative estimate of drug-likeness (QED) is 0.830. The fraction of sp³-hybridized carbons (Fsp3) is 0.588. The number of nitrogens with one attached hydrogen (secondary N) is 1. The van der Waals surface area contributed by atoms with E-state index in [1.807, 2.05) is 0 Å². The number of anilines is 1. The zero-order valence-corrected chi connectivity index (χ0v) is 15.3. The summed E-state index contributed by atoms with van der Waals surface area (Å²) in [6.45, 7) is -0.319. The SMILES string of the molecule is CN(C)S(=O)(=O)N(CC(=O)NC1CC2CCC1C2)c1ccc(F)cc1. The van der Waals surface area contributed by atoms with Crippen LogP contribution >= 0.6 is 0 Å². The molecule has 2 fully saturated rings. The van der Waals surface area contributed by atoms with Crippen LogP contribution in [0.15, 0.2) is 24.3 Å². The first-order valence-corrected chi connectivity index (χ1v) is 9.92. The molecule has 8 heteroatoms. The Balaban J connectivity index is 1.75. The van der Waals surface area contributed by atoms with Crippen LogP contribution in [0.4, 0.5) is 10.1 Å². The van der Waals surface area contributed by atoms with Crippen LogP contribution in [0.3, 0.4) is 0 Å². The Labute approximate surface area is 148 Å². The molecule has 0 radical (unpaired) electrons. The smallest absolute Gasteiger partial charge is 0.304 e. The molecule has 1 aromatic rings. The van der Waals surface area contributed by atoms with Crippen molar-refractivity contribution in [2.24, 2.45) is 11.8 Å². The third kappa shape index (κ3) is 3.79. The van der Waals surface area contributed by atoms with Crippen molar-refractivity contribution < 1.29 is 17.6 Å². The number of benzene rings is 1. The lowest BCUT2D eigenvalue weighted by molar-refractivity contribution is -0.120. The monoisotopic (exact) mass is 369 g/mol. The molecule has 1 amide bonds. The first-order valence-electron chi connectivity index (χ1n) is 8.52. The van der Waals surface area contributed by atoms with Crippen LogP contribution in [-0.4, -0.2) is 45.3 Å². The number of halogens is 1. The average molecular weight is 369 g/mol. The van der Waals surface area contributed by atoms with Gasteiger partial charge in [-0.3, -0.25) is 4.79 Å². The van der Waals surface area contributed by atoms with E-state index in [-0.39, 0.29) is 24.2 Å². The maximum absolute atomic E-state index is 13.2.